The largest absolute Gasteiger partial charge is 0.377 e. The monoisotopic (exact) mass is 365 g/mol. The number of rotatable bonds is 6. The molecule has 2 unspecified atom stereocenters. The number of ether oxygens (including phenoxy) is 1. The van der Waals surface area contributed by atoms with E-state index in [1.807, 2.05) is 31.2 Å². The summed E-state index contributed by atoms with van der Waals surface area (Å²) < 4.78 is 5.72. The number of benzene rings is 1. The van der Waals surface area contributed by atoms with Crippen molar-refractivity contribution in [1.29, 1.82) is 0 Å². The van der Waals surface area contributed by atoms with E-state index in [0.717, 1.165) is 44.9 Å². The third-order valence-electron chi connectivity index (χ3n) is 5.23. The lowest BCUT2D eigenvalue weighted by Gasteiger charge is -2.38. The third kappa shape index (κ3) is 5.17. The van der Waals surface area contributed by atoms with Crippen LogP contribution in [0, 0.1) is 0 Å². The number of nitrogens with zero attached hydrogens (tertiary/aromatic N) is 2. The van der Waals surface area contributed by atoms with Gasteiger partial charge in [-0.3, -0.25) is 14.6 Å². The molecule has 2 heterocycles. The van der Waals surface area contributed by atoms with Crippen molar-refractivity contribution in [2.75, 3.05) is 39.3 Å². The molecule has 2 aliphatic heterocycles. The van der Waals surface area contributed by atoms with Gasteiger partial charge in [-0.25, -0.2) is 0 Å². The Morgan fingerprint density at radius 2 is 2.08 bits per heavy atom. The van der Waals surface area contributed by atoms with Gasteiger partial charge in [0.25, 0.3) is 0 Å². The van der Waals surface area contributed by atoms with Gasteiger partial charge in [0.2, 0.25) is 5.91 Å². The maximum Gasteiger partial charge on any atom is 0.237 e. The zero-order chi connectivity index (χ0) is 17.6. The van der Waals surface area contributed by atoms with Crippen molar-refractivity contribution in [3.05, 3.63) is 34.9 Å². The molecule has 2 atom stereocenters. The fourth-order valence-electron chi connectivity index (χ4n) is 3.55. The Morgan fingerprint density at radius 1 is 1.32 bits per heavy atom. The topological polar surface area (TPSA) is 44.8 Å². The summed E-state index contributed by atoms with van der Waals surface area (Å²) in [5.41, 5.74) is 0.950. The Balaban J connectivity index is 1.41. The van der Waals surface area contributed by atoms with Gasteiger partial charge in [0, 0.05) is 50.9 Å². The highest BCUT2D eigenvalue weighted by Crippen LogP contribution is 2.16. The Labute approximate surface area is 155 Å². The lowest BCUT2D eigenvalue weighted by Crippen LogP contribution is -2.54. The zero-order valence-electron chi connectivity index (χ0n) is 14.9. The Morgan fingerprint density at radius 3 is 2.76 bits per heavy atom. The van der Waals surface area contributed by atoms with Crippen LogP contribution in [0.5, 0.6) is 0 Å². The number of hydrogen-bond acceptors (Lipinski definition) is 4. The molecule has 2 fully saturated rings. The third-order valence-corrected chi connectivity index (χ3v) is 5.60. The van der Waals surface area contributed by atoms with E-state index in [1.54, 1.807) is 0 Å². The molecule has 138 valence electrons. The van der Waals surface area contributed by atoms with Crippen LogP contribution in [0.4, 0.5) is 0 Å². The van der Waals surface area contributed by atoms with Crippen molar-refractivity contribution in [3.63, 3.8) is 0 Å². The van der Waals surface area contributed by atoms with Crippen LogP contribution in [-0.4, -0.2) is 67.2 Å². The van der Waals surface area contributed by atoms with Crippen molar-refractivity contribution in [2.24, 2.45) is 0 Å². The lowest BCUT2D eigenvalue weighted by molar-refractivity contribution is -0.126. The van der Waals surface area contributed by atoms with E-state index in [-0.39, 0.29) is 11.9 Å². The number of hydrogen-bond donors (Lipinski definition) is 1. The smallest absolute Gasteiger partial charge is 0.237 e. The predicted octanol–water partition coefficient (Wildman–Crippen LogP) is 2.14. The van der Waals surface area contributed by atoms with Crippen LogP contribution in [0.2, 0.25) is 5.02 Å². The van der Waals surface area contributed by atoms with E-state index < -0.39 is 0 Å². The average molecular weight is 366 g/mol. The summed E-state index contributed by atoms with van der Waals surface area (Å²) in [5, 5.41) is 3.70. The number of carbonyl (C=O) groups excluding carboxylic acids is 1. The first-order chi connectivity index (χ1) is 12.1. The average Bonchev–Trinajstić information content (AvgIpc) is 3.14. The van der Waals surface area contributed by atoms with Crippen LogP contribution in [-0.2, 0) is 16.1 Å². The van der Waals surface area contributed by atoms with E-state index >= 15 is 0 Å². The van der Waals surface area contributed by atoms with Crippen molar-refractivity contribution in [3.8, 4) is 0 Å². The quantitative estimate of drug-likeness (QED) is 0.839. The molecular formula is C19H28ClN3O2. The molecule has 2 aliphatic rings. The first kappa shape index (κ1) is 18.6. The van der Waals surface area contributed by atoms with Gasteiger partial charge in [-0.2, -0.15) is 0 Å². The van der Waals surface area contributed by atoms with Gasteiger partial charge in [-0.1, -0.05) is 29.8 Å². The minimum atomic E-state index is -0.118. The second kappa shape index (κ2) is 8.99. The second-order valence-electron chi connectivity index (χ2n) is 6.96. The standard InChI is InChI=1S/C19H28ClN3O2/c1-15(19(24)21-13-16-5-2-3-7-18(16)20)23-10-8-22(9-11-23)14-17-6-4-12-25-17/h2-3,5,7,15,17H,4,6,8-14H2,1H3,(H,21,24). The summed E-state index contributed by atoms with van der Waals surface area (Å²) in [4.78, 5) is 17.2. The highest BCUT2D eigenvalue weighted by atomic mass is 35.5. The summed E-state index contributed by atoms with van der Waals surface area (Å²) in [6.45, 7) is 8.25. The van der Waals surface area contributed by atoms with Gasteiger partial charge in [0.15, 0.2) is 0 Å². The van der Waals surface area contributed by atoms with Crippen LogP contribution in [0.15, 0.2) is 24.3 Å². The summed E-state index contributed by atoms with van der Waals surface area (Å²) in [6, 6.07) is 7.50. The number of nitrogens with one attached hydrogen (secondary N) is 1. The van der Waals surface area contributed by atoms with Gasteiger partial charge < -0.3 is 10.1 Å². The maximum atomic E-state index is 12.5. The molecule has 2 saturated heterocycles. The summed E-state index contributed by atoms with van der Waals surface area (Å²) in [5.74, 6) is 0.0625. The zero-order valence-corrected chi connectivity index (χ0v) is 15.7. The number of piperazine rings is 1. The highest BCUT2D eigenvalue weighted by Gasteiger charge is 2.27. The minimum Gasteiger partial charge on any atom is -0.377 e. The molecule has 3 rings (SSSR count). The Bertz CT molecular complexity index is 570. The fraction of sp³-hybridized carbons (Fsp3) is 0.632. The molecule has 0 aromatic heterocycles. The molecule has 0 bridgehead atoms. The predicted molar refractivity (Wildman–Crippen MR) is 99.7 cm³/mol. The number of amides is 1. The molecule has 6 heteroatoms. The molecule has 1 aromatic rings. The molecule has 0 spiro atoms. The first-order valence-corrected chi connectivity index (χ1v) is 9.60. The Hall–Kier alpha value is -1.14. The molecule has 1 amide bonds. The van der Waals surface area contributed by atoms with Crippen LogP contribution in [0.1, 0.15) is 25.3 Å². The summed E-state index contributed by atoms with van der Waals surface area (Å²) >= 11 is 6.14. The van der Waals surface area contributed by atoms with Gasteiger partial charge in [0.05, 0.1) is 12.1 Å². The van der Waals surface area contributed by atoms with Crippen LogP contribution >= 0.6 is 11.6 Å². The van der Waals surface area contributed by atoms with Crippen molar-refractivity contribution < 1.29 is 9.53 Å². The Kier molecular flexibility index (Phi) is 6.70. The minimum absolute atomic E-state index is 0.0625. The van der Waals surface area contributed by atoms with Crippen molar-refractivity contribution >= 4 is 17.5 Å². The van der Waals surface area contributed by atoms with Crippen LogP contribution < -0.4 is 5.32 Å². The molecule has 1 N–H and O–H groups in total. The molecule has 25 heavy (non-hydrogen) atoms. The molecule has 5 nitrogen and oxygen atoms in total. The van der Waals surface area contributed by atoms with Crippen LogP contribution in [0.25, 0.3) is 0 Å². The van der Waals surface area contributed by atoms with Gasteiger partial charge in [-0.15, -0.1) is 0 Å². The molecule has 0 saturated carbocycles. The van der Waals surface area contributed by atoms with E-state index in [4.69, 9.17) is 16.3 Å². The van der Waals surface area contributed by atoms with Gasteiger partial charge in [-0.05, 0) is 31.4 Å². The van der Waals surface area contributed by atoms with E-state index in [9.17, 15) is 4.79 Å². The fourth-order valence-corrected chi connectivity index (χ4v) is 3.75. The molecule has 0 radical (unpaired) electrons. The lowest BCUT2D eigenvalue weighted by atomic mass is 10.1. The summed E-state index contributed by atoms with van der Waals surface area (Å²) in [6.07, 6.45) is 2.77. The van der Waals surface area contributed by atoms with E-state index in [1.165, 1.54) is 12.8 Å². The van der Waals surface area contributed by atoms with Crippen LogP contribution in [0.3, 0.4) is 0 Å². The highest BCUT2D eigenvalue weighted by molar-refractivity contribution is 6.31. The van der Waals surface area contributed by atoms with E-state index in [2.05, 4.69) is 15.1 Å². The number of carbonyl (C=O) groups is 1. The van der Waals surface area contributed by atoms with Crippen molar-refractivity contribution in [1.82, 2.24) is 15.1 Å². The normalized spacial score (nSPS) is 23.5. The summed E-state index contributed by atoms with van der Waals surface area (Å²) in [7, 11) is 0. The van der Waals surface area contributed by atoms with E-state index in [0.29, 0.717) is 17.7 Å². The maximum absolute atomic E-state index is 12.5. The number of halogens is 1. The molecule has 1 aromatic carbocycles. The molecular weight excluding hydrogens is 338 g/mol. The second-order valence-corrected chi connectivity index (χ2v) is 7.36. The van der Waals surface area contributed by atoms with Crippen molar-refractivity contribution in [2.45, 2.75) is 38.5 Å². The first-order valence-electron chi connectivity index (χ1n) is 9.22. The molecule has 0 aliphatic carbocycles. The van der Waals surface area contributed by atoms with Gasteiger partial charge >= 0.3 is 0 Å². The van der Waals surface area contributed by atoms with Gasteiger partial charge in [0.1, 0.15) is 0 Å². The SMILES string of the molecule is CC(C(=O)NCc1ccccc1Cl)N1CCN(CC2CCCO2)CC1.